The first kappa shape index (κ1) is 100. The molecule has 0 aromatic heterocycles. The van der Waals surface area contributed by atoms with Crippen molar-refractivity contribution >= 4 is 75.4 Å². The molecule has 15 aromatic rings. The molecule has 0 saturated carbocycles. The molecule has 666 valence electrons. The number of hydrogen-bond acceptors (Lipinski definition) is 9. The van der Waals surface area contributed by atoms with Crippen LogP contribution in [0.4, 0.5) is 0 Å². The van der Waals surface area contributed by atoms with E-state index in [1.807, 2.05) is 72.8 Å². The average molecular weight is 1690 g/mol. The zero-order valence-corrected chi connectivity index (χ0v) is 81.6. The maximum absolute atomic E-state index is 9.68. The van der Waals surface area contributed by atoms with Crippen molar-refractivity contribution in [2.24, 2.45) is 0 Å². The van der Waals surface area contributed by atoms with Crippen LogP contribution in [0.3, 0.4) is 0 Å². The lowest BCUT2D eigenvalue weighted by Crippen LogP contribution is -2.15. The minimum absolute atomic E-state index is 0.00489. The Balaban J connectivity index is 0.000000179. The van der Waals surface area contributed by atoms with Gasteiger partial charge in [0.15, 0.2) is 0 Å². The van der Waals surface area contributed by atoms with Crippen LogP contribution in [0.15, 0.2) is 273 Å². The Labute approximate surface area is 755 Å². The number of ether oxygens (including phenoxy) is 7. The van der Waals surface area contributed by atoms with Gasteiger partial charge >= 0.3 is 0 Å². The van der Waals surface area contributed by atoms with Crippen molar-refractivity contribution in [2.75, 3.05) is 49.8 Å². The Morgan fingerprint density at radius 1 is 0.198 bits per heavy atom. The van der Waals surface area contributed by atoms with Crippen molar-refractivity contribution in [3.63, 3.8) is 0 Å². The number of methoxy groups -OCH3 is 7. The fraction of sp³-hybridized carbons (Fsp3) is 0.350. The zero-order valence-electron chi connectivity index (χ0n) is 81.6. The summed E-state index contributed by atoms with van der Waals surface area (Å²) in [5.74, 6) is 6.15. The van der Waals surface area contributed by atoms with Gasteiger partial charge < -0.3 is 43.4 Å². The van der Waals surface area contributed by atoms with Crippen LogP contribution in [0.1, 0.15) is 222 Å². The smallest absolute Gasteiger partial charge is 0.130 e. The molecule has 0 aliphatic heterocycles. The molecule has 0 heterocycles. The van der Waals surface area contributed by atoms with E-state index in [0.717, 1.165) is 78.5 Å². The van der Waals surface area contributed by atoms with Gasteiger partial charge in [-0.2, -0.15) is 0 Å². The summed E-state index contributed by atoms with van der Waals surface area (Å²) in [6.45, 7) is 53.2. The average Bonchev–Trinajstić information content (AvgIpc) is 0.684. The highest BCUT2D eigenvalue weighted by Gasteiger charge is 2.27. The molecule has 0 bridgehead atoms. The van der Waals surface area contributed by atoms with Crippen molar-refractivity contribution in [2.45, 2.75) is 223 Å². The minimum Gasteiger partial charge on any atom is -0.497 e. The van der Waals surface area contributed by atoms with E-state index in [-0.39, 0.29) is 56.5 Å². The minimum atomic E-state index is -0.0584. The molecule has 9 heteroatoms. The third-order valence-electron chi connectivity index (χ3n) is 22.6. The molecule has 0 aliphatic rings. The summed E-state index contributed by atoms with van der Waals surface area (Å²) in [6.07, 6.45) is 0. The molecule has 126 heavy (non-hydrogen) atoms. The third-order valence-corrected chi connectivity index (χ3v) is 22.6. The van der Waals surface area contributed by atoms with Crippen LogP contribution in [-0.4, -0.2) is 60.0 Å². The summed E-state index contributed by atoms with van der Waals surface area (Å²) in [4.78, 5) is 0. The second-order valence-corrected chi connectivity index (χ2v) is 40.5. The Hall–Kier alpha value is -11.4. The molecule has 0 atom stereocenters. The van der Waals surface area contributed by atoms with Crippen LogP contribution in [0.5, 0.6) is 40.2 Å². The van der Waals surface area contributed by atoms with E-state index in [1.165, 1.54) is 92.8 Å². The van der Waals surface area contributed by atoms with Crippen molar-refractivity contribution in [3.05, 3.63) is 329 Å². The Morgan fingerprint density at radius 2 is 0.540 bits per heavy atom. The maximum Gasteiger partial charge on any atom is 0.130 e. The summed E-state index contributed by atoms with van der Waals surface area (Å²) in [5, 5.41) is 36.3. The highest BCUT2D eigenvalue weighted by molar-refractivity contribution is 5.96. The first-order chi connectivity index (χ1) is 59.2. The molecule has 15 rings (SSSR count). The van der Waals surface area contributed by atoms with E-state index in [4.69, 9.17) is 33.2 Å². The standard InChI is InChI=1S/C17H22O3.C16H20O2.3C15H18O.2C14H16.C11H16O/c1-17(2,3)16-11(10-18)8-15(20-5)14-9-12(19-4)6-7-13(14)16;1-16(2,3)13-10-14(17-4)11-8-6-7-9-12(11)15(13)18-5;1-15(2,3)13-7-5-12-10-14(16-4)8-6-11(12)9-13;1-15(2,3)14-7-5-6-11-10-12(16-4)8-9-13(11)14;1-15(2,3)14-12(10-16)9-8-11-6-4-5-7-13(11)14;1-14(2,3)13-10-6-8-11-7-4-5-9-12(11)13;1-14(2,3)13-9-8-11-6-4-5-7-12(11)10-13;1-11(2,3)9-5-7-10(12-4)8-6-9/h6-9,18H,10H2,1-5H3;6-10H,1-5H3;2*5-10H,1-4H3;4-9,16H,10H2,1-3H3;2*4-10H,1-3H3;5-8H,1-4H3. The van der Waals surface area contributed by atoms with Gasteiger partial charge in [0.05, 0.1) is 63.0 Å². The molecule has 2 N–H and O–H groups in total. The summed E-state index contributed by atoms with van der Waals surface area (Å²) in [5.41, 5.74) is 13.5. The van der Waals surface area contributed by atoms with Crippen molar-refractivity contribution in [1.29, 1.82) is 0 Å². The summed E-state index contributed by atoms with van der Waals surface area (Å²) >= 11 is 0. The molecule has 0 aliphatic carbocycles. The third kappa shape index (κ3) is 26.4. The number of rotatable bonds is 9. The molecule has 0 fully saturated rings. The fourth-order valence-electron chi connectivity index (χ4n) is 15.8. The number of aliphatic hydroxyl groups is 2. The molecule has 0 saturated heterocycles. The van der Waals surface area contributed by atoms with Gasteiger partial charge in [0, 0.05) is 21.7 Å². The quantitative estimate of drug-likeness (QED) is 0.146. The lowest BCUT2D eigenvalue weighted by Gasteiger charge is -2.26. The highest BCUT2D eigenvalue weighted by Crippen LogP contribution is 2.44. The van der Waals surface area contributed by atoms with Gasteiger partial charge in [-0.15, -0.1) is 0 Å². The molecular weight excluding hydrogens is 1550 g/mol. The van der Waals surface area contributed by atoms with Crippen molar-refractivity contribution < 1.29 is 43.4 Å². The van der Waals surface area contributed by atoms with Gasteiger partial charge in [0.1, 0.15) is 40.2 Å². The maximum atomic E-state index is 9.68. The van der Waals surface area contributed by atoms with Crippen LogP contribution < -0.4 is 33.2 Å². The Kier molecular flexibility index (Phi) is 34.0. The SMILES string of the molecule is CC(C)(C)c1c(CO)ccc2ccccc12.CC(C)(C)c1ccc2ccccc2c1.CC(C)(C)c1cccc2ccccc12.COc1cc(C(C)(C)C)c(OC)c2ccccc12.COc1ccc(C(C)(C)C)cc1.COc1ccc2c(C(C)(C)C)c(CO)cc(OC)c2c1.COc1ccc2c(C(C)(C)C)cccc2c1.COc1ccc2cc(C(C)(C)C)ccc2c1. The number of fused-ring (bicyclic) bond motifs is 7. The molecule has 15 aromatic carbocycles. The van der Waals surface area contributed by atoms with E-state index in [0.29, 0.717) is 0 Å². The van der Waals surface area contributed by atoms with E-state index < -0.39 is 0 Å². The van der Waals surface area contributed by atoms with Crippen LogP contribution >= 0.6 is 0 Å². The molecular formula is C117H144O9. The molecule has 0 unspecified atom stereocenters. The first-order valence-electron chi connectivity index (χ1n) is 44.0. The van der Waals surface area contributed by atoms with Crippen LogP contribution in [0.2, 0.25) is 0 Å². The Morgan fingerprint density at radius 3 is 1.01 bits per heavy atom. The number of hydrogen-bond donors (Lipinski definition) is 2. The topological polar surface area (TPSA) is 105 Å². The molecule has 0 radical (unpaired) electrons. The normalized spacial score (nSPS) is 11.8. The van der Waals surface area contributed by atoms with Gasteiger partial charge in [-0.3, -0.25) is 0 Å². The van der Waals surface area contributed by atoms with Crippen molar-refractivity contribution in [1.82, 2.24) is 0 Å². The second-order valence-electron chi connectivity index (χ2n) is 40.5. The van der Waals surface area contributed by atoms with Gasteiger partial charge in [0.2, 0.25) is 0 Å². The van der Waals surface area contributed by atoms with Crippen LogP contribution in [0, 0.1) is 0 Å². The summed E-state index contributed by atoms with van der Waals surface area (Å²) < 4.78 is 37.5. The van der Waals surface area contributed by atoms with E-state index in [1.54, 1.807) is 49.8 Å². The van der Waals surface area contributed by atoms with Gasteiger partial charge in [-0.1, -0.05) is 378 Å². The predicted octanol–water partition coefficient (Wildman–Crippen LogP) is 31.0. The molecule has 0 amide bonds. The summed E-state index contributed by atoms with van der Waals surface area (Å²) in [7, 11) is 11.8. The van der Waals surface area contributed by atoms with Crippen LogP contribution in [0.25, 0.3) is 75.4 Å². The predicted molar refractivity (Wildman–Crippen MR) is 541 cm³/mol. The highest BCUT2D eigenvalue weighted by atomic mass is 16.5. The van der Waals surface area contributed by atoms with E-state index >= 15 is 0 Å². The fourth-order valence-corrected chi connectivity index (χ4v) is 15.8. The number of aliphatic hydroxyl groups excluding tert-OH is 2. The molecule has 0 spiro atoms. The van der Waals surface area contributed by atoms with Crippen LogP contribution in [-0.2, 0) is 56.5 Å². The molecule has 9 nitrogen and oxygen atoms in total. The monoisotopic (exact) mass is 1690 g/mol. The van der Waals surface area contributed by atoms with E-state index in [2.05, 4.69) is 366 Å². The van der Waals surface area contributed by atoms with E-state index in [9.17, 15) is 10.2 Å². The largest absolute Gasteiger partial charge is 0.497 e. The van der Waals surface area contributed by atoms with Gasteiger partial charge in [-0.25, -0.2) is 0 Å². The zero-order chi connectivity index (χ0) is 93.1. The second kappa shape index (κ2) is 42.8. The summed E-state index contributed by atoms with van der Waals surface area (Å²) in [6, 6.07) is 94.7. The first-order valence-corrected chi connectivity index (χ1v) is 44.0. The number of benzene rings is 15. The van der Waals surface area contributed by atoms with Gasteiger partial charge in [-0.05, 0) is 213 Å². The lowest BCUT2D eigenvalue weighted by atomic mass is 9.80. The van der Waals surface area contributed by atoms with Gasteiger partial charge in [0.25, 0.3) is 0 Å². The lowest BCUT2D eigenvalue weighted by molar-refractivity contribution is 0.278. The van der Waals surface area contributed by atoms with Crippen molar-refractivity contribution in [3.8, 4) is 40.2 Å². The Bertz CT molecular complexity index is 6060.